The molecule has 1 aliphatic rings. The molecule has 4 rings (SSSR count). The maximum absolute atomic E-state index is 13.7. The number of nitrogens with one attached hydrogen (secondary N) is 1. The van der Waals surface area contributed by atoms with Crippen LogP contribution in [-0.2, 0) is 31.6 Å². The average molecular weight is 627 g/mol. The Morgan fingerprint density at radius 2 is 1.66 bits per heavy atom. The quantitative estimate of drug-likeness (QED) is 0.286. The van der Waals surface area contributed by atoms with Crippen molar-refractivity contribution in [3.05, 3.63) is 95.3 Å². The van der Waals surface area contributed by atoms with Crippen LogP contribution in [0.4, 0.5) is 9.18 Å². The summed E-state index contributed by atoms with van der Waals surface area (Å²) in [6.07, 6.45) is -0.736. The Morgan fingerprint density at radius 1 is 1.02 bits per heavy atom. The summed E-state index contributed by atoms with van der Waals surface area (Å²) < 4.78 is 53.8. The van der Waals surface area contributed by atoms with E-state index in [0.717, 1.165) is 0 Å². The number of Topliss-reactive ketones (excluding diaryl/α,β-unsaturated/α-hetero) is 1. The lowest BCUT2D eigenvalue weighted by molar-refractivity contribution is -0.139. The zero-order valence-corrected chi connectivity index (χ0v) is 25.7. The number of carbonyl (C=O) groups is 3. The van der Waals surface area contributed by atoms with Gasteiger partial charge in [0.05, 0.1) is 18.0 Å². The molecule has 0 aliphatic carbocycles. The van der Waals surface area contributed by atoms with E-state index in [1.165, 1.54) is 34.6 Å². The molecule has 0 aromatic heterocycles. The number of hydrogen-bond donors (Lipinski definition) is 2. The molecule has 12 heteroatoms. The Labute approximate surface area is 255 Å². The minimum absolute atomic E-state index is 0.0248. The first-order chi connectivity index (χ1) is 20.6. The fraction of sp³-hybridized carbons (Fsp3) is 0.344. The zero-order valence-electron chi connectivity index (χ0n) is 24.9. The van der Waals surface area contributed by atoms with Crippen LogP contribution in [-0.4, -0.2) is 60.4 Å². The lowest BCUT2D eigenvalue weighted by atomic mass is 9.87. The third-order valence-corrected chi connectivity index (χ3v) is 8.80. The van der Waals surface area contributed by atoms with Crippen LogP contribution >= 0.6 is 0 Å². The summed E-state index contributed by atoms with van der Waals surface area (Å²) in [5.41, 5.74) is -0.480. The molecule has 1 atom stereocenters. The van der Waals surface area contributed by atoms with Gasteiger partial charge in [0.25, 0.3) is 0 Å². The van der Waals surface area contributed by atoms with Crippen LogP contribution in [0.2, 0.25) is 0 Å². The number of carbonyl (C=O) groups excluding carboxylic acids is 2. The van der Waals surface area contributed by atoms with Gasteiger partial charge < -0.3 is 19.9 Å². The van der Waals surface area contributed by atoms with Crippen molar-refractivity contribution >= 4 is 27.9 Å². The number of halogens is 1. The van der Waals surface area contributed by atoms with Crippen molar-refractivity contribution < 1.29 is 41.8 Å². The van der Waals surface area contributed by atoms with Crippen LogP contribution in [0.5, 0.6) is 5.75 Å². The number of amides is 1. The van der Waals surface area contributed by atoms with E-state index >= 15 is 0 Å². The summed E-state index contributed by atoms with van der Waals surface area (Å²) in [6, 6.07) is 16.7. The van der Waals surface area contributed by atoms with Gasteiger partial charge in [-0.25, -0.2) is 22.4 Å². The van der Waals surface area contributed by atoms with Gasteiger partial charge in [0.15, 0.2) is 11.4 Å². The molecule has 44 heavy (non-hydrogen) atoms. The fourth-order valence-corrected chi connectivity index (χ4v) is 6.37. The van der Waals surface area contributed by atoms with Gasteiger partial charge in [0.1, 0.15) is 23.2 Å². The van der Waals surface area contributed by atoms with E-state index in [2.05, 4.69) is 5.32 Å². The number of rotatable bonds is 11. The van der Waals surface area contributed by atoms with E-state index in [-0.39, 0.29) is 30.2 Å². The molecule has 3 aromatic carbocycles. The van der Waals surface area contributed by atoms with Crippen LogP contribution in [0.15, 0.2) is 77.7 Å². The monoisotopic (exact) mass is 626 g/mol. The van der Waals surface area contributed by atoms with Gasteiger partial charge in [-0.05, 0) is 80.4 Å². The second-order valence-corrected chi connectivity index (χ2v) is 13.5. The molecule has 2 N–H and O–H groups in total. The lowest BCUT2D eigenvalue weighted by Crippen LogP contribution is -2.64. The van der Waals surface area contributed by atoms with Gasteiger partial charge in [-0.15, -0.1) is 0 Å². The summed E-state index contributed by atoms with van der Waals surface area (Å²) >= 11 is 0. The number of alkyl carbamates (subject to hydrolysis) is 1. The maximum Gasteiger partial charge on any atom is 0.408 e. The Bertz CT molecular complexity index is 1630. The second-order valence-electron chi connectivity index (χ2n) is 11.6. The van der Waals surface area contributed by atoms with E-state index in [9.17, 15) is 32.3 Å². The largest absolute Gasteiger partial charge is 0.480 e. The summed E-state index contributed by atoms with van der Waals surface area (Å²) in [7, 11) is -4.05. The van der Waals surface area contributed by atoms with E-state index < -0.39 is 45.1 Å². The first-order valence-corrected chi connectivity index (χ1v) is 15.5. The molecule has 3 aromatic rings. The molecule has 1 aliphatic heterocycles. The number of ether oxygens (including phenoxy) is 2. The molecule has 1 heterocycles. The maximum atomic E-state index is 13.7. The number of aliphatic carboxylic acids is 1. The van der Waals surface area contributed by atoms with Crippen LogP contribution in [0.3, 0.4) is 0 Å². The molecule has 0 saturated carbocycles. The van der Waals surface area contributed by atoms with Gasteiger partial charge >= 0.3 is 12.1 Å². The average Bonchev–Trinajstić information content (AvgIpc) is 2.94. The highest BCUT2D eigenvalue weighted by Gasteiger charge is 2.52. The van der Waals surface area contributed by atoms with Gasteiger partial charge in [-0.1, -0.05) is 31.2 Å². The Balaban J connectivity index is 1.54. The summed E-state index contributed by atoms with van der Waals surface area (Å²) in [4.78, 5) is 36.0. The van der Waals surface area contributed by atoms with E-state index in [4.69, 9.17) is 9.47 Å². The predicted molar refractivity (Wildman–Crippen MR) is 159 cm³/mol. The predicted octanol–water partition coefficient (Wildman–Crippen LogP) is 4.92. The summed E-state index contributed by atoms with van der Waals surface area (Å²) in [5.74, 6) is -1.37. The number of nitrogens with zero attached hydrogens (tertiary/aromatic N) is 1. The standard InChI is InChI=1S/C32H35FN2O8S/c1-5-28(36)22-9-15-25(16-10-22)42-32(23-11-13-24(33)14-12-23)19-35(20-32)44(40,41)26-8-6-7-21(17-26)18-27(29(37)38)34-30(39)43-31(2,3)4/h6-17,27H,5,18-20H2,1-4H3,(H,34,39)(H,37,38). The fourth-order valence-electron chi connectivity index (χ4n) is 4.76. The van der Waals surface area contributed by atoms with Crippen LogP contribution in [0.1, 0.15) is 55.6 Å². The molecule has 1 fully saturated rings. The molecule has 0 spiro atoms. The molecule has 1 unspecified atom stereocenters. The molecule has 1 amide bonds. The first-order valence-electron chi connectivity index (χ1n) is 14.0. The Morgan fingerprint density at radius 3 is 2.23 bits per heavy atom. The highest BCUT2D eigenvalue weighted by atomic mass is 32.2. The van der Waals surface area contributed by atoms with Crippen LogP contribution in [0.25, 0.3) is 0 Å². The molecular formula is C32H35FN2O8S. The molecular weight excluding hydrogens is 591 g/mol. The normalized spacial score (nSPS) is 15.5. The highest BCUT2D eigenvalue weighted by molar-refractivity contribution is 7.89. The molecule has 1 saturated heterocycles. The third kappa shape index (κ3) is 7.61. The van der Waals surface area contributed by atoms with Crippen LogP contribution < -0.4 is 10.1 Å². The highest BCUT2D eigenvalue weighted by Crippen LogP contribution is 2.40. The van der Waals surface area contributed by atoms with Crippen LogP contribution in [0, 0.1) is 5.82 Å². The van der Waals surface area contributed by atoms with Crippen molar-refractivity contribution in [2.75, 3.05) is 13.1 Å². The van der Waals surface area contributed by atoms with E-state index in [1.54, 1.807) is 70.2 Å². The van der Waals surface area contributed by atoms with Gasteiger partial charge in [-0.3, -0.25) is 4.79 Å². The molecule has 0 bridgehead atoms. The SMILES string of the molecule is CCC(=O)c1ccc(OC2(c3ccc(F)cc3)CN(S(=O)(=O)c3cccc(CC(NC(=O)OC(C)(C)C)C(=O)O)c3)C2)cc1. The van der Waals surface area contributed by atoms with Crippen molar-refractivity contribution in [3.8, 4) is 5.75 Å². The summed E-state index contributed by atoms with van der Waals surface area (Å²) in [6.45, 7) is 6.53. The van der Waals surface area contributed by atoms with Crippen molar-refractivity contribution in [1.82, 2.24) is 9.62 Å². The molecule has 234 valence electrons. The third-order valence-electron chi connectivity index (χ3n) is 7.01. The van der Waals surface area contributed by atoms with Gasteiger partial charge in [0.2, 0.25) is 10.0 Å². The Kier molecular flexibility index (Phi) is 9.45. The lowest BCUT2D eigenvalue weighted by Gasteiger charge is -2.48. The number of carboxylic acid groups (broad SMARTS) is 1. The Hall–Kier alpha value is -4.29. The van der Waals surface area contributed by atoms with Crippen molar-refractivity contribution in [2.45, 2.75) is 62.7 Å². The number of hydrogen-bond acceptors (Lipinski definition) is 7. The summed E-state index contributed by atoms with van der Waals surface area (Å²) in [5, 5.41) is 12.0. The number of benzene rings is 3. The molecule has 0 radical (unpaired) electrons. The van der Waals surface area contributed by atoms with E-state index in [1.807, 2.05) is 0 Å². The van der Waals surface area contributed by atoms with Gasteiger partial charge in [-0.2, -0.15) is 4.31 Å². The van der Waals surface area contributed by atoms with E-state index in [0.29, 0.717) is 28.9 Å². The van der Waals surface area contributed by atoms with Crippen molar-refractivity contribution in [3.63, 3.8) is 0 Å². The second kappa shape index (κ2) is 12.7. The van der Waals surface area contributed by atoms with Crippen molar-refractivity contribution in [1.29, 1.82) is 0 Å². The minimum Gasteiger partial charge on any atom is -0.480 e. The first kappa shape index (κ1) is 32.6. The smallest absolute Gasteiger partial charge is 0.408 e. The topological polar surface area (TPSA) is 139 Å². The number of sulfonamides is 1. The minimum atomic E-state index is -4.05. The zero-order chi connectivity index (χ0) is 32.3. The number of carboxylic acids is 1. The number of ketones is 1. The van der Waals surface area contributed by atoms with Crippen molar-refractivity contribution in [2.24, 2.45) is 0 Å². The van der Waals surface area contributed by atoms with Gasteiger partial charge in [0, 0.05) is 18.4 Å². The molecule has 10 nitrogen and oxygen atoms in total.